The lowest BCUT2D eigenvalue weighted by Gasteiger charge is -2.61. The Morgan fingerprint density at radius 3 is 2.60 bits per heavy atom. The number of hydrogen-bond acceptors (Lipinski definition) is 5. The number of aliphatic hydroxyl groups excluding tert-OH is 1. The van der Waals surface area contributed by atoms with Crippen LogP contribution >= 0.6 is 0 Å². The van der Waals surface area contributed by atoms with Gasteiger partial charge in [0, 0.05) is 37.1 Å². The van der Waals surface area contributed by atoms with Gasteiger partial charge in [0.2, 0.25) is 0 Å². The highest BCUT2D eigenvalue weighted by Crippen LogP contribution is 2.74. The fraction of sp³-hybridized carbons (Fsp3) is 0.867. The molecule has 5 heteroatoms. The molecule has 0 amide bonds. The molecule has 1 spiro atoms. The average Bonchev–Trinajstić information content (AvgIpc) is 3.45. The summed E-state index contributed by atoms with van der Waals surface area (Å²) in [5.74, 6) is 1.95. The van der Waals surface area contributed by atoms with Gasteiger partial charge in [0.25, 0.3) is 0 Å². The van der Waals surface area contributed by atoms with Gasteiger partial charge in [-0.3, -0.25) is 4.90 Å². The predicted octanol–water partition coefficient (Wildman–Crippen LogP) is 4.08. The van der Waals surface area contributed by atoms with E-state index in [1.54, 1.807) is 0 Å². The molecule has 5 nitrogen and oxygen atoms in total. The number of rotatable bonds is 4. The largest absolute Gasteiger partial charge is 0.389 e. The van der Waals surface area contributed by atoms with Gasteiger partial charge in [0.05, 0.1) is 17.3 Å². The van der Waals surface area contributed by atoms with Crippen LogP contribution in [0.15, 0.2) is 23.3 Å². The minimum Gasteiger partial charge on any atom is -0.389 e. The first-order chi connectivity index (χ1) is 16.4. The van der Waals surface area contributed by atoms with Crippen molar-refractivity contribution in [1.29, 1.82) is 0 Å². The molecule has 2 bridgehead atoms. The summed E-state index contributed by atoms with van der Waals surface area (Å²) in [4.78, 5) is 2.89. The van der Waals surface area contributed by atoms with Gasteiger partial charge >= 0.3 is 0 Å². The molecule has 7 rings (SSSR count). The van der Waals surface area contributed by atoms with Crippen molar-refractivity contribution in [2.75, 3.05) is 13.7 Å². The number of allylic oxidation sites excluding steroid dienone is 2. The van der Waals surface area contributed by atoms with Crippen LogP contribution in [0.25, 0.3) is 0 Å². The Morgan fingerprint density at radius 1 is 1.20 bits per heavy atom. The van der Waals surface area contributed by atoms with E-state index in [1.165, 1.54) is 37.0 Å². The first kappa shape index (κ1) is 23.4. The normalized spacial score (nSPS) is 52.0. The Bertz CT molecular complexity index is 991. The molecule has 0 radical (unpaired) electrons. The summed E-state index contributed by atoms with van der Waals surface area (Å²) in [7, 11) is 1.81. The summed E-state index contributed by atoms with van der Waals surface area (Å²) in [5.41, 5.74) is 0.868. The Morgan fingerprint density at radius 2 is 1.94 bits per heavy atom. The molecular weight excluding hydrogens is 438 g/mol. The molecule has 194 valence electrons. The molecule has 5 aliphatic carbocycles. The van der Waals surface area contributed by atoms with Gasteiger partial charge in [-0.25, -0.2) is 0 Å². The van der Waals surface area contributed by atoms with Crippen LogP contribution in [0.5, 0.6) is 0 Å². The van der Waals surface area contributed by atoms with Crippen molar-refractivity contribution in [2.45, 2.75) is 115 Å². The molecule has 6 unspecified atom stereocenters. The van der Waals surface area contributed by atoms with E-state index in [0.717, 1.165) is 25.2 Å². The van der Waals surface area contributed by atoms with Crippen molar-refractivity contribution < 1.29 is 19.7 Å². The Labute approximate surface area is 210 Å². The van der Waals surface area contributed by atoms with Crippen molar-refractivity contribution in [2.24, 2.45) is 34.5 Å². The molecule has 2 saturated heterocycles. The van der Waals surface area contributed by atoms with Gasteiger partial charge in [-0.1, -0.05) is 32.9 Å². The number of fused-ring (bicyclic) bond motifs is 1. The Kier molecular flexibility index (Phi) is 4.69. The highest BCUT2D eigenvalue weighted by atomic mass is 16.6. The third-order valence-electron chi connectivity index (χ3n) is 12.3. The zero-order valence-corrected chi connectivity index (χ0v) is 22.5. The molecule has 3 saturated carbocycles. The molecule has 0 aromatic heterocycles. The first-order valence-electron chi connectivity index (χ1n) is 14.2. The molecular formula is C30H45NO4. The fourth-order valence-corrected chi connectivity index (χ4v) is 9.95. The first-order valence-corrected chi connectivity index (χ1v) is 14.2. The van der Waals surface area contributed by atoms with Crippen LogP contribution in [0.3, 0.4) is 0 Å². The van der Waals surface area contributed by atoms with Gasteiger partial charge in [-0.2, -0.15) is 0 Å². The van der Waals surface area contributed by atoms with E-state index in [1.807, 2.05) is 20.1 Å². The maximum atomic E-state index is 12.2. The van der Waals surface area contributed by atoms with Crippen molar-refractivity contribution in [3.63, 3.8) is 0 Å². The van der Waals surface area contributed by atoms with Crippen LogP contribution < -0.4 is 0 Å². The second kappa shape index (κ2) is 7.02. The monoisotopic (exact) mass is 483 g/mol. The molecule has 7 aliphatic rings. The Hall–Kier alpha value is -0.720. The third kappa shape index (κ3) is 2.73. The lowest BCUT2D eigenvalue weighted by molar-refractivity contribution is -0.258. The summed E-state index contributed by atoms with van der Waals surface area (Å²) >= 11 is 0. The summed E-state index contributed by atoms with van der Waals surface area (Å²) in [6.07, 6.45) is 10.3. The second-order valence-electron chi connectivity index (χ2n) is 14.6. The van der Waals surface area contributed by atoms with E-state index in [9.17, 15) is 10.2 Å². The van der Waals surface area contributed by atoms with Crippen LogP contribution in [-0.4, -0.2) is 70.4 Å². The summed E-state index contributed by atoms with van der Waals surface area (Å²) < 4.78 is 13.5. The van der Waals surface area contributed by atoms with Crippen molar-refractivity contribution in [3.8, 4) is 0 Å². The van der Waals surface area contributed by atoms with E-state index in [-0.39, 0.29) is 29.0 Å². The lowest BCUT2D eigenvalue weighted by Crippen LogP contribution is -2.70. The quantitative estimate of drug-likeness (QED) is 0.631. The molecule has 2 heterocycles. The van der Waals surface area contributed by atoms with Crippen LogP contribution in [0.2, 0.25) is 0 Å². The molecule has 0 aromatic rings. The minimum absolute atomic E-state index is 0.0567. The average molecular weight is 484 g/mol. The predicted molar refractivity (Wildman–Crippen MR) is 135 cm³/mol. The topological polar surface area (TPSA) is 62.2 Å². The molecule has 5 fully saturated rings. The Balaban J connectivity index is 1.42. The minimum atomic E-state index is -0.919. The zero-order valence-electron chi connectivity index (χ0n) is 22.5. The standard InChI is InChI=1S/C30H45NO4/c1-27(2,3)29(5,33)22-13-19-24-18-14-30(19)23-17(9-11-20(18)31(24)15-16-7-8-16)10-12-21(32)25(23)35-26(30)28(22,4)34-6/h10,12,16,18-22,24-26,32-33H,7-9,11,13-15H2,1-6H3/t18?,19?,20?,21?,22-,24+,25?,26-,28+,29-,30?/m0/s1. The van der Waals surface area contributed by atoms with Gasteiger partial charge in [0.15, 0.2) is 0 Å². The smallest absolute Gasteiger partial charge is 0.110 e. The summed E-state index contributed by atoms with van der Waals surface area (Å²) in [6, 6.07) is 1.24. The molecule has 11 atom stereocenters. The van der Waals surface area contributed by atoms with Crippen molar-refractivity contribution in [1.82, 2.24) is 4.90 Å². The number of likely N-dealkylation sites (tertiary alicyclic amines) is 1. The molecule has 2 aliphatic heterocycles. The molecule has 35 heavy (non-hydrogen) atoms. The van der Waals surface area contributed by atoms with E-state index >= 15 is 0 Å². The highest BCUT2D eigenvalue weighted by molar-refractivity contribution is 5.48. The fourth-order valence-electron chi connectivity index (χ4n) is 9.95. The van der Waals surface area contributed by atoms with Gasteiger partial charge in [0.1, 0.15) is 12.2 Å². The zero-order chi connectivity index (χ0) is 24.7. The summed E-state index contributed by atoms with van der Waals surface area (Å²) in [6.45, 7) is 11.9. The highest BCUT2D eigenvalue weighted by Gasteiger charge is 2.78. The van der Waals surface area contributed by atoms with Gasteiger partial charge < -0.3 is 19.7 Å². The second-order valence-corrected chi connectivity index (χ2v) is 14.6. The van der Waals surface area contributed by atoms with Crippen LogP contribution in [0.4, 0.5) is 0 Å². The number of nitrogens with zero attached hydrogens (tertiary/aromatic N) is 1. The van der Waals surface area contributed by atoms with Crippen LogP contribution in [0, 0.1) is 34.5 Å². The maximum absolute atomic E-state index is 12.2. The summed E-state index contributed by atoms with van der Waals surface area (Å²) in [5, 5.41) is 23.3. The van der Waals surface area contributed by atoms with E-state index in [0.29, 0.717) is 23.9 Å². The third-order valence-corrected chi connectivity index (χ3v) is 12.3. The molecule has 2 N–H and O–H groups in total. The lowest BCUT2D eigenvalue weighted by atomic mass is 9.49. The van der Waals surface area contributed by atoms with Gasteiger partial charge in [-0.05, 0) is 86.7 Å². The number of hydrogen-bond donors (Lipinski definition) is 2. The van der Waals surface area contributed by atoms with Crippen LogP contribution in [0.1, 0.15) is 73.1 Å². The molecule has 0 aromatic carbocycles. The van der Waals surface area contributed by atoms with Crippen LogP contribution in [-0.2, 0) is 9.47 Å². The van der Waals surface area contributed by atoms with E-state index in [2.05, 4.69) is 38.7 Å². The number of methoxy groups -OCH3 is 1. The number of ether oxygens (including phenoxy) is 2. The maximum Gasteiger partial charge on any atom is 0.110 e. The van der Waals surface area contributed by atoms with E-state index in [4.69, 9.17) is 9.47 Å². The number of aliphatic hydroxyl groups is 2. The van der Waals surface area contributed by atoms with Crippen molar-refractivity contribution >= 4 is 0 Å². The van der Waals surface area contributed by atoms with Gasteiger partial charge in [-0.15, -0.1) is 0 Å². The van der Waals surface area contributed by atoms with E-state index < -0.39 is 17.3 Å². The SMILES string of the molecule is CO[C@@]1(C)[C@@H]2OC3C4=C(C=CC3O)CCC3C5CC42C(C[C@@H]1[C@](C)(O)C(C)(C)C)[C@@H]5N3CC1CC1. The van der Waals surface area contributed by atoms with Crippen molar-refractivity contribution in [3.05, 3.63) is 23.3 Å².